The van der Waals surface area contributed by atoms with Crippen LogP contribution in [0.4, 0.5) is 17.1 Å². The molecule has 0 radical (unpaired) electrons. The summed E-state index contributed by atoms with van der Waals surface area (Å²) < 4.78 is 4.67. The second-order valence-corrected chi connectivity index (χ2v) is 14.9. The molecule has 11 heteroatoms. The van der Waals surface area contributed by atoms with E-state index in [1.165, 1.54) is 0 Å². The van der Waals surface area contributed by atoms with Crippen molar-refractivity contribution in [3.8, 4) is 5.75 Å². The van der Waals surface area contributed by atoms with Gasteiger partial charge in [-0.2, -0.15) is 0 Å². The quantitative estimate of drug-likeness (QED) is 0.206. The number of amides is 3. The number of aliphatic hydroxyl groups excluding tert-OH is 1. The van der Waals surface area contributed by atoms with Crippen LogP contribution in [0.5, 0.6) is 5.75 Å². The van der Waals surface area contributed by atoms with E-state index in [0.717, 1.165) is 24.3 Å². The van der Waals surface area contributed by atoms with Crippen molar-refractivity contribution in [1.29, 1.82) is 0 Å². The summed E-state index contributed by atoms with van der Waals surface area (Å²) in [5.41, 5.74) is 3.01. The average molecular weight is 722 g/mol. The number of anilines is 3. The van der Waals surface area contributed by atoms with Gasteiger partial charge in [-0.1, -0.05) is 46.3 Å². The maximum absolute atomic E-state index is 14.7. The third-order valence-electron chi connectivity index (χ3n) is 9.67. The van der Waals surface area contributed by atoms with Gasteiger partial charge in [-0.05, 0) is 81.3 Å². The summed E-state index contributed by atoms with van der Waals surface area (Å²) in [6.07, 6.45) is 0.536. The highest BCUT2D eigenvalue weighted by Crippen LogP contribution is 2.68. The Morgan fingerprint density at radius 2 is 1.60 bits per heavy atom. The van der Waals surface area contributed by atoms with Crippen molar-refractivity contribution >= 4 is 62.5 Å². The summed E-state index contributed by atoms with van der Waals surface area (Å²) in [5.74, 6) is -1.59. The number of likely N-dealkylation sites (tertiary alicyclic amines) is 1. The summed E-state index contributed by atoms with van der Waals surface area (Å²) in [4.78, 5) is 47.0. The molecule has 3 aromatic carbocycles. The van der Waals surface area contributed by atoms with E-state index in [0.29, 0.717) is 30.2 Å². The monoisotopic (exact) mass is 720 g/mol. The number of aliphatic hydroxyl groups is 1. The van der Waals surface area contributed by atoms with Crippen LogP contribution in [0, 0.1) is 11.8 Å². The first-order valence-electron chi connectivity index (χ1n) is 16.3. The second-order valence-electron chi connectivity index (χ2n) is 12.2. The van der Waals surface area contributed by atoms with E-state index in [-0.39, 0.29) is 34.4 Å². The van der Waals surface area contributed by atoms with Gasteiger partial charge in [0.15, 0.2) is 0 Å². The van der Waals surface area contributed by atoms with Gasteiger partial charge in [0.25, 0.3) is 0 Å². The molecule has 6 rings (SSSR count). The molecule has 3 aliphatic rings. The smallest absolute Gasteiger partial charge is 0.248 e. The third-order valence-corrected chi connectivity index (χ3v) is 12.9. The standard InChI is InChI=1S/C36H41BrN4O5S/c1-4-40(5-2)25-16-12-23(13-17-25)39-34(44)32-36-20-27(37)31(47-36)29(33(43)38-24-14-18-26(19-15-24)46-6-3)30(36)35(45)41(32)28(21-42)22-10-8-7-9-11-22/h7-19,27-32,42H,4-6,20-21H2,1-3H3,(H,38,43)(H,39,44)/t27?,28-,29-,30+,31-,32?,36?/m1/s1. The lowest BCUT2D eigenvalue weighted by Crippen LogP contribution is -2.53. The summed E-state index contributed by atoms with van der Waals surface area (Å²) in [5, 5.41) is 16.7. The number of nitrogens with one attached hydrogen (secondary N) is 2. The molecular formula is C36H41BrN4O5S. The number of hydrogen-bond acceptors (Lipinski definition) is 7. The Labute approximate surface area is 288 Å². The first-order valence-corrected chi connectivity index (χ1v) is 18.0. The lowest BCUT2D eigenvalue weighted by atomic mass is 9.70. The second kappa shape index (κ2) is 13.9. The van der Waals surface area contributed by atoms with E-state index in [4.69, 9.17) is 4.74 Å². The molecule has 1 spiro atoms. The molecule has 0 aliphatic carbocycles. The molecule has 2 bridgehead atoms. The number of fused-ring (bicyclic) bond motifs is 1. The summed E-state index contributed by atoms with van der Waals surface area (Å²) in [7, 11) is 0. The molecule has 7 atom stereocenters. The van der Waals surface area contributed by atoms with Gasteiger partial charge in [0, 0.05) is 40.2 Å². The van der Waals surface area contributed by atoms with Crippen LogP contribution in [0.2, 0.25) is 0 Å². The van der Waals surface area contributed by atoms with Crippen LogP contribution in [0.1, 0.15) is 38.8 Å². The number of benzene rings is 3. The molecule has 3 unspecified atom stereocenters. The molecule has 3 aromatic rings. The molecule has 0 aromatic heterocycles. The zero-order valence-electron chi connectivity index (χ0n) is 26.8. The van der Waals surface area contributed by atoms with Crippen molar-refractivity contribution in [1.82, 2.24) is 4.90 Å². The number of nitrogens with zero attached hydrogens (tertiary/aromatic N) is 2. The molecule has 0 saturated carbocycles. The van der Waals surface area contributed by atoms with E-state index in [2.05, 4.69) is 45.3 Å². The highest BCUT2D eigenvalue weighted by molar-refractivity contribution is 9.09. The Morgan fingerprint density at radius 1 is 0.979 bits per heavy atom. The van der Waals surface area contributed by atoms with Gasteiger partial charge in [0.2, 0.25) is 17.7 Å². The maximum atomic E-state index is 14.7. The number of hydrogen-bond donors (Lipinski definition) is 3. The first kappa shape index (κ1) is 33.4. The molecule has 3 fully saturated rings. The molecule has 3 saturated heterocycles. The van der Waals surface area contributed by atoms with Gasteiger partial charge in [0.05, 0.1) is 35.8 Å². The van der Waals surface area contributed by atoms with Crippen molar-refractivity contribution in [2.24, 2.45) is 11.8 Å². The van der Waals surface area contributed by atoms with E-state index in [1.54, 1.807) is 40.9 Å². The van der Waals surface area contributed by atoms with Gasteiger partial charge < -0.3 is 30.3 Å². The highest BCUT2D eigenvalue weighted by atomic mass is 79.9. The molecule has 3 aliphatic heterocycles. The normalized spacial score (nSPS) is 26.5. The lowest BCUT2D eigenvalue weighted by molar-refractivity contribution is -0.141. The van der Waals surface area contributed by atoms with Crippen molar-refractivity contribution in [2.45, 2.75) is 54.1 Å². The molecule has 9 nitrogen and oxygen atoms in total. The van der Waals surface area contributed by atoms with Crippen LogP contribution >= 0.6 is 27.7 Å². The Morgan fingerprint density at radius 3 is 2.19 bits per heavy atom. The highest BCUT2D eigenvalue weighted by Gasteiger charge is 2.76. The fourth-order valence-corrected chi connectivity index (χ4v) is 11.2. The number of carbonyl (C=O) groups excluding carboxylic acids is 3. The van der Waals surface area contributed by atoms with E-state index < -0.39 is 28.7 Å². The van der Waals surface area contributed by atoms with Crippen LogP contribution in [-0.2, 0) is 14.4 Å². The third kappa shape index (κ3) is 6.02. The predicted molar refractivity (Wildman–Crippen MR) is 190 cm³/mol. The van der Waals surface area contributed by atoms with Gasteiger partial charge in [-0.25, -0.2) is 0 Å². The Kier molecular flexibility index (Phi) is 9.87. The van der Waals surface area contributed by atoms with Crippen LogP contribution < -0.4 is 20.3 Å². The zero-order valence-corrected chi connectivity index (χ0v) is 29.2. The fourth-order valence-electron chi connectivity index (χ4n) is 7.61. The van der Waals surface area contributed by atoms with Gasteiger partial charge in [0.1, 0.15) is 11.8 Å². The Balaban J connectivity index is 1.35. The van der Waals surface area contributed by atoms with Crippen molar-refractivity contribution in [3.05, 3.63) is 84.4 Å². The van der Waals surface area contributed by atoms with Gasteiger partial charge >= 0.3 is 0 Å². The Bertz CT molecular complexity index is 1590. The van der Waals surface area contributed by atoms with E-state index in [1.807, 2.05) is 61.5 Å². The topological polar surface area (TPSA) is 111 Å². The van der Waals surface area contributed by atoms with E-state index in [9.17, 15) is 19.5 Å². The summed E-state index contributed by atoms with van der Waals surface area (Å²) in [6.45, 7) is 8.02. The van der Waals surface area contributed by atoms with Crippen molar-refractivity contribution < 1.29 is 24.2 Å². The van der Waals surface area contributed by atoms with Gasteiger partial charge in [-0.15, -0.1) is 11.8 Å². The largest absolute Gasteiger partial charge is 0.494 e. The Hall–Kier alpha value is -3.54. The van der Waals surface area contributed by atoms with E-state index >= 15 is 0 Å². The van der Waals surface area contributed by atoms with Crippen LogP contribution in [-0.4, -0.2) is 74.9 Å². The SMILES string of the molecule is CCOc1ccc(NC(=O)[C@H]2[C@@H]3SC4(CC3Br)C(C(=O)Nc3ccc(N(CC)CC)cc3)N([C@H](CO)c3ccccc3)C(=O)[C@H]24)cc1. The van der Waals surface area contributed by atoms with Crippen LogP contribution in [0.25, 0.3) is 0 Å². The molecule has 248 valence electrons. The predicted octanol–water partition coefficient (Wildman–Crippen LogP) is 5.71. The average Bonchev–Trinajstić information content (AvgIpc) is 3.68. The minimum absolute atomic E-state index is 0.0828. The number of thioether (sulfide) groups is 1. The number of halogens is 1. The fraction of sp³-hybridized carbons (Fsp3) is 0.417. The van der Waals surface area contributed by atoms with Crippen molar-refractivity contribution in [3.63, 3.8) is 0 Å². The van der Waals surface area contributed by atoms with Crippen LogP contribution in [0.3, 0.4) is 0 Å². The molecular weight excluding hydrogens is 680 g/mol. The molecule has 3 amide bonds. The number of rotatable bonds is 12. The van der Waals surface area contributed by atoms with Crippen LogP contribution in [0.15, 0.2) is 78.9 Å². The minimum Gasteiger partial charge on any atom is -0.494 e. The summed E-state index contributed by atoms with van der Waals surface area (Å²) >= 11 is 5.40. The van der Waals surface area contributed by atoms with Crippen molar-refractivity contribution in [2.75, 3.05) is 41.8 Å². The number of ether oxygens (including phenoxy) is 1. The first-order chi connectivity index (χ1) is 22.8. The molecule has 3 N–H and O–H groups in total. The molecule has 47 heavy (non-hydrogen) atoms. The molecule has 3 heterocycles. The zero-order chi connectivity index (χ0) is 33.3. The number of carbonyl (C=O) groups is 3. The maximum Gasteiger partial charge on any atom is 0.248 e. The summed E-state index contributed by atoms with van der Waals surface area (Å²) in [6, 6.07) is 22.5. The van der Waals surface area contributed by atoms with Gasteiger partial charge in [-0.3, -0.25) is 14.4 Å². The lowest BCUT2D eigenvalue weighted by Gasteiger charge is -2.37. The minimum atomic E-state index is -0.918. The number of alkyl halides is 1.